The Morgan fingerprint density at radius 1 is 0.778 bits per heavy atom. The van der Waals surface area contributed by atoms with Crippen molar-refractivity contribution in [3.8, 4) is 23.1 Å². The van der Waals surface area contributed by atoms with Gasteiger partial charge < -0.3 is 19.5 Å². The van der Waals surface area contributed by atoms with Gasteiger partial charge in [0.15, 0.2) is 11.5 Å². The number of ether oxygens (including phenoxy) is 3. The van der Waals surface area contributed by atoms with Crippen molar-refractivity contribution in [3.05, 3.63) is 54.9 Å². The number of hydrogen-bond acceptors (Lipinski definition) is 6. The Morgan fingerprint density at radius 2 is 1.52 bits per heavy atom. The number of rotatable bonds is 5. The Kier molecular flexibility index (Phi) is 4.38. The molecule has 1 N–H and O–H groups in total. The highest BCUT2D eigenvalue weighted by Gasteiger charge is 2.14. The number of benzene rings is 3. The molecule has 0 unspecified atom stereocenters. The zero-order valence-corrected chi connectivity index (χ0v) is 15.3. The van der Waals surface area contributed by atoms with Crippen molar-refractivity contribution >= 4 is 27.4 Å². The van der Waals surface area contributed by atoms with Crippen LogP contribution in [0.25, 0.3) is 21.7 Å². The largest absolute Gasteiger partial charge is 0.493 e. The van der Waals surface area contributed by atoms with Gasteiger partial charge in [-0.1, -0.05) is 24.3 Å². The molecule has 0 radical (unpaired) electrons. The molecule has 0 saturated heterocycles. The molecule has 0 atom stereocenters. The van der Waals surface area contributed by atoms with E-state index in [2.05, 4.69) is 21.4 Å². The van der Waals surface area contributed by atoms with Crippen LogP contribution in [0.4, 0.5) is 5.69 Å². The van der Waals surface area contributed by atoms with Crippen molar-refractivity contribution in [1.29, 1.82) is 0 Å². The van der Waals surface area contributed by atoms with Crippen LogP contribution < -0.4 is 19.5 Å². The van der Waals surface area contributed by atoms with E-state index in [-0.39, 0.29) is 0 Å². The van der Waals surface area contributed by atoms with Crippen molar-refractivity contribution < 1.29 is 14.2 Å². The van der Waals surface area contributed by atoms with Gasteiger partial charge >= 0.3 is 0 Å². The summed E-state index contributed by atoms with van der Waals surface area (Å²) in [5.41, 5.74) is 1.76. The van der Waals surface area contributed by atoms with Crippen LogP contribution in [0.15, 0.2) is 54.9 Å². The lowest BCUT2D eigenvalue weighted by molar-refractivity contribution is 0.355. The van der Waals surface area contributed by atoms with E-state index in [4.69, 9.17) is 14.2 Å². The third kappa shape index (κ3) is 2.95. The molecule has 136 valence electrons. The van der Waals surface area contributed by atoms with Crippen molar-refractivity contribution in [2.45, 2.75) is 0 Å². The van der Waals surface area contributed by atoms with Crippen LogP contribution in [0.5, 0.6) is 23.1 Å². The van der Waals surface area contributed by atoms with Gasteiger partial charge in [0.25, 0.3) is 0 Å². The summed E-state index contributed by atoms with van der Waals surface area (Å²) in [5.74, 6) is 2.39. The molecule has 0 aliphatic rings. The standard InChI is InChI=1S/C21H19N3O3/c1-22-16-8-9-18(14-7-5-4-6-13(14)16)27-21-15-10-19(25-2)20(26-3)11-17(15)23-12-24-21/h4-12,22H,1-3H3. The summed E-state index contributed by atoms with van der Waals surface area (Å²) in [5, 5.41) is 6.03. The summed E-state index contributed by atoms with van der Waals surface area (Å²) in [4.78, 5) is 8.66. The zero-order valence-electron chi connectivity index (χ0n) is 15.3. The number of nitrogens with zero attached hydrogens (tertiary/aromatic N) is 2. The lowest BCUT2D eigenvalue weighted by Crippen LogP contribution is -1.96. The van der Waals surface area contributed by atoms with E-state index in [0.717, 1.165) is 27.6 Å². The molecule has 6 heteroatoms. The molecule has 0 saturated carbocycles. The fraction of sp³-hybridized carbons (Fsp3) is 0.143. The highest BCUT2D eigenvalue weighted by atomic mass is 16.5. The first-order valence-electron chi connectivity index (χ1n) is 8.49. The zero-order chi connectivity index (χ0) is 18.8. The first-order chi connectivity index (χ1) is 13.2. The summed E-state index contributed by atoms with van der Waals surface area (Å²) in [7, 11) is 5.09. The SMILES string of the molecule is CNc1ccc(Oc2ncnc3cc(OC)c(OC)cc23)c2ccccc12. The van der Waals surface area contributed by atoms with Gasteiger partial charge in [0.2, 0.25) is 5.88 Å². The van der Waals surface area contributed by atoms with E-state index in [1.165, 1.54) is 6.33 Å². The van der Waals surface area contributed by atoms with Crippen LogP contribution in [0.1, 0.15) is 0 Å². The molecule has 0 aliphatic heterocycles. The minimum absolute atomic E-state index is 0.461. The Bertz CT molecular complexity index is 1130. The summed E-state index contributed by atoms with van der Waals surface area (Å²) in [6, 6.07) is 15.6. The van der Waals surface area contributed by atoms with Gasteiger partial charge in [-0.3, -0.25) is 0 Å². The van der Waals surface area contributed by atoms with Crippen LogP contribution in [0, 0.1) is 0 Å². The minimum atomic E-state index is 0.461. The topological polar surface area (TPSA) is 65.5 Å². The third-order valence-corrected chi connectivity index (χ3v) is 4.46. The molecular weight excluding hydrogens is 342 g/mol. The van der Waals surface area contributed by atoms with E-state index < -0.39 is 0 Å². The van der Waals surface area contributed by atoms with Gasteiger partial charge in [-0.05, 0) is 18.2 Å². The second-order valence-corrected chi connectivity index (χ2v) is 5.91. The first kappa shape index (κ1) is 16.9. The van der Waals surface area contributed by atoms with Crippen molar-refractivity contribution in [2.24, 2.45) is 0 Å². The first-order valence-corrected chi connectivity index (χ1v) is 8.49. The molecule has 0 amide bonds. The average Bonchev–Trinajstić information content (AvgIpc) is 2.73. The highest BCUT2D eigenvalue weighted by Crippen LogP contribution is 2.38. The molecular formula is C21H19N3O3. The van der Waals surface area contributed by atoms with Crippen LogP contribution >= 0.6 is 0 Å². The number of aromatic nitrogens is 2. The molecule has 1 aromatic heterocycles. The Labute approximate surface area is 156 Å². The summed E-state index contributed by atoms with van der Waals surface area (Å²) >= 11 is 0. The smallest absolute Gasteiger partial charge is 0.230 e. The minimum Gasteiger partial charge on any atom is -0.493 e. The van der Waals surface area contributed by atoms with Crippen LogP contribution in [-0.2, 0) is 0 Å². The van der Waals surface area contributed by atoms with E-state index in [0.29, 0.717) is 22.9 Å². The molecule has 1 heterocycles. The van der Waals surface area contributed by atoms with Crippen molar-refractivity contribution in [3.63, 3.8) is 0 Å². The Hall–Kier alpha value is -3.54. The quantitative estimate of drug-likeness (QED) is 0.559. The molecule has 0 fully saturated rings. The number of fused-ring (bicyclic) bond motifs is 2. The van der Waals surface area contributed by atoms with Gasteiger partial charge in [0, 0.05) is 29.6 Å². The fourth-order valence-corrected chi connectivity index (χ4v) is 3.12. The Morgan fingerprint density at radius 3 is 2.26 bits per heavy atom. The summed E-state index contributed by atoms with van der Waals surface area (Å²) < 4.78 is 17.0. The van der Waals surface area contributed by atoms with Gasteiger partial charge in [0.05, 0.1) is 25.1 Å². The highest BCUT2D eigenvalue weighted by molar-refractivity contribution is 5.98. The molecule has 0 spiro atoms. The van der Waals surface area contributed by atoms with E-state index in [1.807, 2.05) is 49.5 Å². The maximum absolute atomic E-state index is 6.20. The van der Waals surface area contributed by atoms with Gasteiger partial charge in [-0.2, -0.15) is 0 Å². The second kappa shape index (κ2) is 6.99. The van der Waals surface area contributed by atoms with E-state index in [9.17, 15) is 0 Å². The number of methoxy groups -OCH3 is 2. The van der Waals surface area contributed by atoms with Crippen molar-refractivity contribution in [1.82, 2.24) is 9.97 Å². The van der Waals surface area contributed by atoms with Gasteiger partial charge in [-0.15, -0.1) is 0 Å². The monoisotopic (exact) mass is 361 g/mol. The van der Waals surface area contributed by atoms with E-state index in [1.54, 1.807) is 14.2 Å². The molecule has 0 bridgehead atoms. The third-order valence-electron chi connectivity index (χ3n) is 4.46. The number of hydrogen-bond donors (Lipinski definition) is 1. The lowest BCUT2D eigenvalue weighted by atomic mass is 10.1. The fourth-order valence-electron chi connectivity index (χ4n) is 3.12. The van der Waals surface area contributed by atoms with E-state index >= 15 is 0 Å². The average molecular weight is 361 g/mol. The lowest BCUT2D eigenvalue weighted by Gasteiger charge is -2.14. The molecule has 3 aromatic carbocycles. The number of nitrogens with one attached hydrogen (secondary N) is 1. The predicted molar refractivity (Wildman–Crippen MR) is 106 cm³/mol. The summed E-state index contributed by atoms with van der Waals surface area (Å²) in [6.07, 6.45) is 1.48. The maximum atomic E-state index is 6.20. The molecule has 4 aromatic rings. The molecule has 6 nitrogen and oxygen atoms in total. The van der Waals surface area contributed by atoms with Crippen LogP contribution in [0.2, 0.25) is 0 Å². The van der Waals surface area contributed by atoms with Gasteiger partial charge in [-0.25, -0.2) is 9.97 Å². The molecule has 4 rings (SSSR count). The molecule has 27 heavy (non-hydrogen) atoms. The van der Waals surface area contributed by atoms with Crippen molar-refractivity contribution in [2.75, 3.05) is 26.6 Å². The summed E-state index contributed by atoms with van der Waals surface area (Å²) in [6.45, 7) is 0. The van der Waals surface area contributed by atoms with Crippen LogP contribution in [0.3, 0.4) is 0 Å². The Balaban J connectivity index is 1.86. The maximum Gasteiger partial charge on any atom is 0.230 e. The normalized spacial score (nSPS) is 10.8. The number of anilines is 1. The van der Waals surface area contributed by atoms with Crippen LogP contribution in [-0.4, -0.2) is 31.2 Å². The molecule has 0 aliphatic carbocycles. The van der Waals surface area contributed by atoms with Gasteiger partial charge in [0.1, 0.15) is 12.1 Å². The second-order valence-electron chi connectivity index (χ2n) is 5.91. The predicted octanol–water partition coefficient (Wildman–Crippen LogP) is 4.63.